The third-order valence-corrected chi connectivity index (χ3v) is 5.59. The number of para-hydroxylation sites is 1. The zero-order chi connectivity index (χ0) is 19.7. The van der Waals surface area contributed by atoms with Gasteiger partial charge in [0.2, 0.25) is 5.91 Å². The van der Waals surface area contributed by atoms with E-state index >= 15 is 0 Å². The second-order valence-corrected chi connectivity index (χ2v) is 7.32. The molecule has 0 bridgehead atoms. The first-order chi connectivity index (χ1) is 13.4. The number of alkyl halides is 3. The highest BCUT2D eigenvalue weighted by Gasteiger charge is 2.34. The van der Waals surface area contributed by atoms with E-state index in [0.29, 0.717) is 31.7 Å². The average Bonchev–Trinajstić information content (AvgIpc) is 3.12. The van der Waals surface area contributed by atoms with Crippen LogP contribution in [-0.2, 0) is 9.53 Å². The Morgan fingerprint density at radius 2 is 1.89 bits per heavy atom. The van der Waals surface area contributed by atoms with Crippen LogP contribution in [0, 0.1) is 5.92 Å². The summed E-state index contributed by atoms with van der Waals surface area (Å²) < 4.78 is 47.2. The second kappa shape index (κ2) is 7.62. The molecule has 2 aliphatic heterocycles. The fourth-order valence-corrected chi connectivity index (χ4v) is 4.14. The molecule has 0 unspecified atom stereocenters. The van der Waals surface area contributed by atoms with Crippen molar-refractivity contribution in [3.63, 3.8) is 0 Å². The number of fused-ring (bicyclic) bond motifs is 1. The predicted molar refractivity (Wildman–Crippen MR) is 94.9 cm³/mol. The number of carbonyl (C=O) groups excluding carboxylic acids is 1. The van der Waals surface area contributed by atoms with E-state index in [1.807, 2.05) is 4.90 Å². The van der Waals surface area contributed by atoms with Gasteiger partial charge in [-0.3, -0.25) is 9.89 Å². The molecule has 1 N–H and O–H groups in total. The number of carbonyl (C=O) groups is 1. The van der Waals surface area contributed by atoms with Crippen molar-refractivity contribution in [2.75, 3.05) is 26.3 Å². The van der Waals surface area contributed by atoms with Gasteiger partial charge in [0.1, 0.15) is 5.52 Å². The molecule has 2 saturated heterocycles. The van der Waals surface area contributed by atoms with Crippen LogP contribution >= 0.6 is 0 Å². The summed E-state index contributed by atoms with van der Waals surface area (Å²) in [6, 6.07) is 4.54. The van der Waals surface area contributed by atoms with E-state index < -0.39 is 6.36 Å². The van der Waals surface area contributed by atoms with E-state index in [0.717, 1.165) is 31.4 Å². The van der Waals surface area contributed by atoms with Gasteiger partial charge in [0.25, 0.3) is 0 Å². The molecule has 0 atom stereocenters. The van der Waals surface area contributed by atoms with Crippen molar-refractivity contribution in [2.24, 2.45) is 5.92 Å². The van der Waals surface area contributed by atoms with Crippen LogP contribution in [0.1, 0.15) is 37.3 Å². The molecule has 2 fully saturated rings. The number of rotatable bonds is 3. The maximum atomic E-state index is 12.7. The molecular formula is C19H22F3N3O3. The molecule has 0 aliphatic carbocycles. The van der Waals surface area contributed by atoms with Gasteiger partial charge in [-0.1, -0.05) is 12.1 Å². The predicted octanol–water partition coefficient (Wildman–Crippen LogP) is 3.59. The third-order valence-electron chi connectivity index (χ3n) is 5.59. The van der Waals surface area contributed by atoms with E-state index in [-0.39, 0.29) is 29.0 Å². The number of H-pyrrole nitrogens is 1. The van der Waals surface area contributed by atoms with Crippen LogP contribution in [-0.4, -0.2) is 53.7 Å². The number of benzene rings is 1. The molecule has 0 radical (unpaired) electrons. The Bertz CT molecular complexity index is 838. The highest BCUT2D eigenvalue weighted by Crippen LogP contribution is 2.36. The minimum Gasteiger partial charge on any atom is -0.403 e. The third kappa shape index (κ3) is 3.94. The van der Waals surface area contributed by atoms with E-state index in [1.54, 1.807) is 6.07 Å². The summed E-state index contributed by atoms with van der Waals surface area (Å²) >= 11 is 0. The van der Waals surface area contributed by atoms with Crippen LogP contribution < -0.4 is 4.74 Å². The highest BCUT2D eigenvalue weighted by atomic mass is 19.4. The zero-order valence-electron chi connectivity index (χ0n) is 15.3. The molecule has 6 nitrogen and oxygen atoms in total. The largest absolute Gasteiger partial charge is 0.573 e. The Hall–Kier alpha value is -2.29. The zero-order valence-corrected chi connectivity index (χ0v) is 15.3. The fourth-order valence-electron chi connectivity index (χ4n) is 4.14. The van der Waals surface area contributed by atoms with Crippen LogP contribution in [0.25, 0.3) is 10.9 Å². The summed E-state index contributed by atoms with van der Waals surface area (Å²) in [5.41, 5.74) is 0.983. The lowest BCUT2D eigenvalue weighted by molar-refractivity contribution is -0.274. The van der Waals surface area contributed by atoms with E-state index in [2.05, 4.69) is 14.9 Å². The molecule has 2 aromatic rings. The molecule has 2 aliphatic rings. The van der Waals surface area contributed by atoms with Crippen molar-refractivity contribution in [3.8, 4) is 5.75 Å². The number of halogens is 3. The van der Waals surface area contributed by atoms with Crippen molar-refractivity contribution in [3.05, 3.63) is 23.9 Å². The molecule has 0 saturated carbocycles. The van der Waals surface area contributed by atoms with Crippen molar-refractivity contribution >= 4 is 16.8 Å². The van der Waals surface area contributed by atoms with Crippen molar-refractivity contribution in [1.82, 2.24) is 15.1 Å². The van der Waals surface area contributed by atoms with Crippen LogP contribution in [0.5, 0.6) is 5.75 Å². The Morgan fingerprint density at radius 1 is 1.18 bits per heavy atom. The number of likely N-dealkylation sites (tertiary alicyclic amines) is 1. The number of amides is 1. The maximum Gasteiger partial charge on any atom is 0.573 e. The first-order valence-electron chi connectivity index (χ1n) is 9.51. The lowest BCUT2D eigenvalue weighted by Crippen LogP contribution is -2.42. The van der Waals surface area contributed by atoms with Crippen molar-refractivity contribution in [2.45, 2.75) is 38.0 Å². The number of nitrogens with zero attached hydrogens (tertiary/aromatic N) is 2. The number of piperidine rings is 1. The summed E-state index contributed by atoms with van der Waals surface area (Å²) in [5, 5.41) is 7.60. The molecule has 3 heterocycles. The molecule has 1 aromatic heterocycles. The number of aromatic amines is 1. The normalized spacial score (nSPS) is 19.9. The lowest BCUT2D eigenvalue weighted by atomic mass is 9.90. The molecule has 1 aromatic carbocycles. The van der Waals surface area contributed by atoms with Gasteiger partial charge >= 0.3 is 6.36 Å². The van der Waals surface area contributed by atoms with Crippen LogP contribution in [0.4, 0.5) is 13.2 Å². The topological polar surface area (TPSA) is 67.5 Å². The van der Waals surface area contributed by atoms with Gasteiger partial charge in [-0.2, -0.15) is 5.10 Å². The highest BCUT2D eigenvalue weighted by molar-refractivity contribution is 5.87. The SMILES string of the molecule is O=C(C1CCOCC1)N1CCC(c2[nH]nc3c(OC(F)(F)F)cccc23)CC1. The van der Waals surface area contributed by atoms with E-state index in [1.165, 1.54) is 12.1 Å². The fraction of sp³-hybridized carbons (Fsp3) is 0.579. The Labute approximate surface area is 160 Å². The molecule has 9 heteroatoms. The Balaban J connectivity index is 1.45. The van der Waals surface area contributed by atoms with Gasteiger partial charge in [-0.25, -0.2) is 0 Å². The Morgan fingerprint density at radius 3 is 2.57 bits per heavy atom. The van der Waals surface area contributed by atoms with Crippen LogP contribution in [0.2, 0.25) is 0 Å². The number of nitrogens with one attached hydrogen (secondary N) is 1. The first-order valence-corrected chi connectivity index (χ1v) is 9.51. The number of hydrogen-bond acceptors (Lipinski definition) is 4. The van der Waals surface area contributed by atoms with Crippen molar-refractivity contribution < 1.29 is 27.4 Å². The molecule has 28 heavy (non-hydrogen) atoms. The quantitative estimate of drug-likeness (QED) is 0.860. The molecular weight excluding hydrogens is 375 g/mol. The minimum atomic E-state index is -4.76. The number of hydrogen-bond donors (Lipinski definition) is 1. The maximum absolute atomic E-state index is 12.7. The van der Waals surface area contributed by atoms with E-state index in [4.69, 9.17) is 4.74 Å². The van der Waals surface area contributed by atoms with Gasteiger partial charge in [-0.15, -0.1) is 13.2 Å². The molecule has 1 amide bonds. The summed E-state index contributed by atoms with van der Waals surface area (Å²) in [4.78, 5) is 14.6. The monoisotopic (exact) mass is 397 g/mol. The lowest BCUT2D eigenvalue weighted by Gasteiger charge is -2.35. The van der Waals surface area contributed by atoms with Gasteiger partial charge in [0.15, 0.2) is 5.75 Å². The Kier molecular flexibility index (Phi) is 5.18. The molecule has 4 rings (SSSR count). The van der Waals surface area contributed by atoms with E-state index in [9.17, 15) is 18.0 Å². The summed E-state index contributed by atoms with van der Waals surface area (Å²) in [6.07, 6.45) is -1.73. The van der Waals surface area contributed by atoms with Gasteiger partial charge in [0, 0.05) is 49.2 Å². The van der Waals surface area contributed by atoms with Crippen LogP contribution in [0.3, 0.4) is 0 Å². The van der Waals surface area contributed by atoms with Crippen LogP contribution in [0.15, 0.2) is 18.2 Å². The van der Waals surface area contributed by atoms with Gasteiger partial charge in [0.05, 0.1) is 0 Å². The molecule has 152 valence electrons. The molecule has 0 spiro atoms. The smallest absolute Gasteiger partial charge is 0.403 e. The summed E-state index contributed by atoms with van der Waals surface area (Å²) in [6.45, 7) is 2.55. The van der Waals surface area contributed by atoms with Gasteiger partial charge in [-0.05, 0) is 31.7 Å². The minimum absolute atomic E-state index is 0.0420. The first kappa shape index (κ1) is 19.0. The van der Waals surface area contributed by atoms with Gasteiger partial charge < -0.3 is 14.4 Å². The second-order valence-electron chi connectivity index (χ2n) is 7.32. The number of ether oxygens (including phenoxy) is 2. The summed E-state index contributed by atoms with van der Waals surface area (Å²) in [7, 11) is 0. The standard InChI is InChI=1S/C19H22F3N3O3/c20-19(21,22)28-15-3-1-2-14-16(23-24-17(14)15)12-4-8-25(9-5-12)18(26)13-6-10-27-11-7-13/h1-3,12-13H,4-11H2,(H,23,24). The summed E-state index contributed by atoms with van der Waals surface area (Å²) in [5.74, 6) is 0.0435. The average molecular weight is 397 g/mol. The van der Waals surface area contributed by atoms with Crippen molar-refractivity contribution in [1.29, 1.82) is 0 Å². The number of aromatic nitrogens is 2.